The van der Waals surface area contributed by atoms with Crippen molar-refractivity contribution in [2.75, 3.05) is 20.3 Å². The van der Waals surface area contributed by atoms with Crippen LogP contribution in [0.3, 0.4) is 0 Å². The number of nitrogens with one attached hydrogen (secondary N) is 1. The van der Waals surface area contributed by atoms with Crippen LogP contribution in [-0.4, -0.2) is 32.4 Å². The van der Waals surface area contributed by atoms with E-state index in [4.69, 9.17) is 14.2 Å². The molecule has 0 spiro atoms. The first kappa shape index (κ1) is 20.3. The molecule has 0 atom stereocenters. The van der Waals surface area contributed by atoms with E-state index in [0.29, 0.717) is 23.9 Å². The monoisotopic (exact) mass is 370 g/mol. The number of methoxy groups -OCH3 is 1. The Morgan fingerprint density at radius 1 is 1.07 bits per heavy atom. The summed E-state index contributed by atoms with van der Waals surface area (Å²) in [5, 5.41) is 3.94. The molecule has 2 aromatic rings. The molecule has 6 nitrogen and oxygen atoms in total. The van der Waals surface area contributed by atoms with Crippen molar-refractivity contribution in [2.24, 2.45) is 5.10 Å². The molecular formula is C21H26N2O4. The number of carbonyl (C=O) groups excluding carboxylic acids is 1. The minimum Gasteiger partial charge on any atom is -0.493 e. The lowest BCUT2D eigenvalue weighted by Crippen LogP contribution is -2.24. The fraction of sp³-hybridized carbons (Fsp3) is 0.333. The molecule has 144 valence electrons. The largest absolute Gasteiger partial charge is 0.493 e. The Kier molecular flexibility index (Phi) is 8.16. The van der Waals surface area contributed by atoms with Crippen molar-refractivity contribution in [3.05, 3.63) is 53.6 Å². The number of rotatable bonds is 10. The smallest absolute Gasteiger partial charge is 0.277 e. The Hall–Kier alpha value is -3.02. The molecule has 0 radical (unpaired) electrons. The van der Waals surface area contributed by atoms with Crippen LogP contribution in [0.5, 0.6) is 17.2 Å². The molecule has 1 N–H and O–H groups in total. The highest BCUT2D eigenvalue weighted by Crippen LogP contribution is 2.27. The highest BCUT2D eigenvalue weighted by Gasteiger charge is 2.05. The van der Waals surface area contributed by atoms with Crippen molar-refractivity contribution in [2.45, 2.75) is 26.7 Å². The van der Waals surface area contributed by atoms with Crippen molar-refractivity contribution in [3.8, 4) is 17.2 Å². The first-order valence-corrected chi connectivity index (χ1v) is 9.00. The van der Waals surface area contributed by atoms with Gasteiger partial charge in [0, 0.05) is 0 Å². The van der Waals surface area contributed by atoms with Gasteiger partial charge in [0.05, 0.1) is 19.9 Å². The topological polar surface area (TPSA) is 69.2 Å². The van der Waals surface area contributed by atoms with Crippen LogP contribution in [0.25, 0.3) is 0 Å². The fourth-order valence-electron chi connectivity index (χ4n) is 2.44. The maximum absolute atomic E-state index is 11.8. The van der Waals surface area contributed by atoms with Gasteiger partial charge in [-0.15, -0.1) is 0 Å². The van der Waals surface area contributed by atoms with Gasteiger partial charge >= 0.3 is 0 Å². The molecule has 0 heterocycles. The number of carbonyl (C=O) groups is 1. The van der Waals surface area contributed by atoms with Crippen LogP contribution >= 0.6 is 0 Å². The van der Waals surface area contributed by atoms with Crippen LogP contribution in [-0.2, 0) is 11.2 Å². The van der Waals surface area contributed by atoms with Gasteiger partial charge < -0.3 is 14.2 Å². The first-order valence-electron chi connectivity index (χ1n) is 9.00. The van der Waals surface area contributed by atoms with Gasteiger partial charge in [0.15, 0.2) is 18.1 Å². The van der Waals surface area contributed by atoms with E-state index in [0.717, 1.165) is 18.4 Å². The highest BCUT2D eigenvalue weighted by atomic mass is 16.5. The Balaban J connectivity index is 1.82. The van der Waals surface area contributed by atoms with E-state index >= 15 is 0 Å². The summed E-state index contributed by atoms with van der Waals surface area (Å²) in [6.07, 6.45) is 3.67. The fourth-order valence-corrected chi connectivity index (χ4v) is 2.44. The zero-order chi connectivity index (χ0) is 19.5. The van der Waals surface area contributed by atoms with Crippen LogP contribution in [0.4, 0.5) is 0 Å². The molecule has 27 heavy (non-hydrogen) atoms. The summed E-state index contributed by atoms with van der Waals surface area (Å²) in [6, 6.07) is 13.2. The molecule has 2 aromatic carbocycles. The second-order valence-electron chi connectivity index (χ2n) is 5.82. The van der Waals surface area contributed by atoms with Gasteiger partial charge in [-0.1, -0.05) is 25.5 Å². The molecule has 0 bridgehead atoms. The third-order valence-corrected chi connectivity index (χ3v) is 3.72. The minimum atomic E-state index is -0.332. The van der Waals surface area contributed by atoms with E-state index in [1.807, 2.05) is 37.3 Å². The minimum absolute atomic E-state index is 0.100. The van der Waals surface area contributed by atoms with Crippen LogP contribution in [0.15, 0.2) is 47.6 Å². The normalized spacial score (nSPS) is 10.6. The van der Waals surface area contributed by atoms with Crippen LogP contribution in [0.2, 0.25) is 0 Å². The Bertz CT molecular complexity index is 757. The van der Waals surface area contributed by atoms with Gasteiger partial charge in [-0.3, -0.25) is 4.79 Å². The van der Waals surface area contributed by atoms with Gasteiger partial charge in [-0.25, -0.2) is 5.43 Å². The van der Waals surface area contributed by atoms with E-state index in [9.17, 15) is 4.79 Å². The van der Waals surface area contributed by atoms with E-state index in [-0.39, 0.29) is 12.5 Å². The zero-order valence-electron chi connectivity index (χ0n) is 16.0. The molecule has 6 heteroatoms. The molecule has 0 saturated heterocycles. The Morgan fingerprint density at radius 3 is 2.52 bits per heavy atom. The summed E-state index contributed by atoms with van der Waals surface area (Å²) in [4.78, 5) is 11.8. The summed E-state index contributed by atoms with van der Waals surface area (Å²) in [6.45, 7) is 4.50. The molecule has 0 aromatic heterocycles. The van der Waals surface area contributed by atoms with Gasteiger partial charge in [0.2, 0.25) is 0 Å². The molecular weight excluding hydrogens is 344 g/mol. The number of hydrogen-bond donors (Lipinski definition) is 1. The number of hydrazone groups is 1. The van der Waals surface area contributed by atoms with Crippen molar-refractivity contribution in [3.63, 3.8) is 0 Å². The molecule has 1 amide bonds. The summed E-state index contributed by atoms with van der Waals surface area (Å²) >= 11 is 0. The summed E-state index contributed by atoms with van der Waals surface area (Å²) < 4.78 is 16.2. The quantitative estimate of drug-likeness (QED) is 0.513. The lowest BCUT2D eigenvalue weighted by Gasteiger charge is -2.09. The standard InChI is InChI=1S/C21H26N2O4/c1-4-6-16-7-10-18(11-8-16)27-15-21(24)23-22-14-17-9-12-19(26-5-2)20(13-17)25-3/h7-14H,4-6,15H2,1-3H3,(H,23,24)/b22-14+. The molecule has 0 fully saturated rings. The predicted molar refractivity (Wildman–Crippen MR) is 106 cm³/mol. The number of amides is 1. The number of nitrogens with zero attached hydrogens (tertiary/aromatic N) is 1. The van der Waals surface area contributed by atoms with E-state index in [2.05, 4.69) is 17.5 Å². The van der Waals surface area contributed by atoms with E-state index in [1.165, 1.54) is 11.8 Å². The number of hydrogen-bond acceptors (Lipinski definition) is 5. The molecule has 0 unspecified atom stereocenters. The van der Waals surface area contributed by atoms with Crippen LogP contribution < -0.4 is 19.6 Å². The average molecular weight is 370 g/mol. The van der Waals surface area contributed by atoms with Gasteiger partial charge in [-0.2, -0.15) is 5.10 Å². The Labute approximate surface area is 160 Å². The molecule has 0 saturated carbocycles. The molecule has 0 aliphatic carbocycles. The second kappa shape index (κ2) is 10.9. The van der Waals surface area contributed by atoms with E-state index in [1.54, 1.807) is 19.2 Å². The van der Waals surface area contributed by atoms with Gasteiger partial charge in [-0.05, 0) is 54.8 Å². The summed E-state index contributed by atoms with van der Waals surface area (Å²) in [5.41, 5.74) is 4.48. The number of benzene rings is 2. The summed E-state index contributed by atoms with van der Waals surface area (Å²) in [7, 11) is 1.58. The molecule has 0 aliphatic heterocycles. The van der Waals surface area contributed by atoms with Gasteiger partial charge in [0.25, 0.3) is 5.91 Å². The number of ether oxygens (including phenoxy) is 3. The zero-order valence-corrected chi connectivity index (χ0v) is 16.0. The molecule has 0 aliphatic rings. The third-order valence-electron chi connectivity index (χ3n) is 3.72. The SMILES string of the molecule is CCCc1ccc(OCC(=O)N/N=C/c2ccc(OCC)c(OC)c2)cc1. The average Bonchev–Trinajstić information content (AvgIpc) is 2.69. The van der Waals surface area contributed by atoms with Crippen LogP contribution in [0.1, 0.15) is 31.4 Å². The first-order chi connectivity index (χ1) is 13.2. The number of aryl methyl sites for hydroxylation is 1. The van der Waals surface area contributed by atoms with Crippen molar-refractivity contribution in [1.82, 2.24) is 5.43 Å². The molecule has 2 rings (SSSR count). The highest BCUT2D eigenvalue weighted by molar-refractivity contribution is 5.83. The maximum Gasteiger partial charge on any atom is 0.277 e. The third kappa shape index (κ3) is 6.66. The predicted octanol–water partition coefficient (Wildman–Crippen LogP) is 3.58. The van der Waals surface area contributed by atoms with Crippen molar-refractivity contribution in [1.29, 1.82) is 0 Å². The van der Waals surface area contributed by atoms with Gasteiger partial charge in [0.1, 0.15) is 5.75 Å². The second-order valence-corrected chi connectivity index (χ2v) is 5.82. The van der Waals surface area contributed by atoms with E-state index < -0.39 is 0 Å². The van der Waals surface area contributed by atoms with Crippen molar-refractivity contribution < 1.29 is 19.0 Å². The lowest BCUT2D eigenvalue weighted by atomic mass is 10.1. The van der Waals surface area contributed by atoms with Crippen molar-refractivity contribution >= 4 is 12.1 Å². The maximum atomic E-state index is 11.8. The lowest BCUT2D eigenvalue weighted by molar-refractivity contribution is -0.123. The summed E-state index contributed by atoms with van der Waals surface area (Å²) in [5.74, 6) is 1.61. The Morgan fingerprint density at radius 2 is 1.85 bits per heavy atom. The van der Waals surface area contributed by atoms with Crippen LogP contribution in [0, 0.1) is 0 Å².